The Labute approximate surface area is 239 Å². The van der Waals surface area contributed by atoms with Crippen LogP contribution in [0.25, 0.3) is 0 Å². The van der Waals surface area contributed by atoms with Crippen molar-refractivity contribution in [3.63, 3.8) is 0 Å². The van der Waals surface area contributed by atoms with E-state index < -0.39 is 34.4 Å². The minimum absolute atomic E-state index is 0.00463. The molecule has 0 radical (unpaired) electrons. The maximum atomic E-state index is 14.0. The van der Waals surface area contributed by atoms with Crippen LogP contribution in [0.2, 0.25) is 10.0 Å². The highest BCUT2D eigenvalue weighted by atomic mass is 35.5. The van der Waals surface area contributed by atoms with E-state index >= 15 is 0 Å². The van der Waals surface area contributed by atoms with Crippen molar-refractivity contribution in [3.05, 3.63) is 88.4 Å². The monoisotopic (exact) mass is 591 g/mol. The molecule has 0 aliphatic rings. The number of methoxy groups -OCH3 is 1. The standard InChI is InChI=1S/C28H31Cl2N3O5S/c1-19(2)31-28(35)20(3)32(17-22-23(29)13-10-14-24(22)30)27(34)18-33(25-15-8-9-16-26(25)38-4)39(36,37)21-11-6-5-7-12-21/h5-16,19-20H,17-18H2,1-4H3,(H,31,35). The lowest BCUT2D eigenvalue weighted by atomic mass is 10.1. The number of nitrogens with one attached hydrogen (secondary N) is 1. The Balaban J connectivity index is 2.10. The summed E-state index contributed by atoms with van der Waals surface area (Å²) in [7, 11) is -2.80. The van der Waals surface area contributed by atoms with Crippen LogP contribution in [-0.4, -0.2) is 50.9 Å². The van der Waals surface area contributed by atoms with Gasteiger partial charge < -0.3 is 15.0 Å². The van der Waals surface area contributed by atoms with Crippen molar-refractivity contribution in [2.45, 2.75) is 44.3 Å². The van der Waals surface area contributed by atoms with Crippen LogP contribution in [0.4, 0.5) is 5.69 Å². The van der Waals surface area contributed by atoms with Gasteiger partial charge in [0.15, 0.2) is 0 Å². The molecule has 3 aromatic rings. The molecule has 0 fully saturated rings. The highest BCUT2D eigenvalue weighted by Crippen LogP contribution is 2.33. The zero-order chi connectivity index (χ0) is 28.7. The van der Waals surface area contributed by atoms with Crippen LogP contribution in [0, 0.1) is 0 Å². The third kappa shape index (κ3) is 7.23. The van der Waals surface area contributed by atoms with Gasteiger partial charge in [0.25, 0.3) is 10.0 Å². The topological polar surface area (TPSA) is 96.0 Å². The minimum Gasteiger partial charge on any atom is -0.495 e. The molecule has 0 heterocycles. The fourth-order valence-electron chi connectivity index (χ4n) is 3.91. The minimum atomic E-state index is -4.22. The van der Waals surface area contributed by atoms with Gasteiger partial charge in [-0.25, -0.2) is 8.42 Å². The van der Waals surface area contributed by atoms with Crippen molar-refractivity contribution < 1.29 is 22.7 Å². The Bertz CT molecular complexity index is 1400. The molecule has 0 aromatic heterocycles. The molecule has 3 rings (SSSR count). The molecule has 1 N–H and O–H groups in total. The van der Waals surface area contributed by atoms with Gasteiger partial charge in [0.1, 0.15) is 18.3 Å². The summed E-state index contributed by atoms with van der Waals surface area (Å²) in [5.41, 5.74) is 0.611. The molecule has 2 amide bonds. The van der Waals surface area contributed by atoms with Crippen molar-refractivity contribution >= 4 is 50.7 Å². The van der Waals surface area contributed by atoms with Crippen molar-refractivity contribution in [2.24, 2.45) is 0 Å². The first-order valence-electron chi connectivity index (χ1n) is 12.2. The smallest absolute Gasteiger partial charge is 0.264 e. The summed E-state index contributed by atoms with van der Waals surface area (Å²) >= 11 is 12.8. The van der Waals surface area contributed by atoms with Gasteiger partial charge in [0.2, 0.25) is 11.8 Å². The predicted molar refractivity (Wildman–Crippen MR) is 154 cm³/mol. The fraction of sp³-hybridized carbons (Fsp3) is 0.286. The Morgan fingerprint density at radius 3 is 2.08 bits per heavy atom. The van der Waals surface area contributed by atoms with E-state index in [1.54, 1.807) is 81.4 Å². The number of anilines is 1. The molecule has 0 bridgehead atoms. The molecular formula is C28H31Cl2N3O5S. The lowest BCUT2D eigenvalue weighted by molar-refractivity contribution is -0.139. The number of halogens is 2. The number of carbonyl (C=O) groups excluding carboxylic acids is 2. The number of sulfonamides is 1. The molecule has 1 atom stereocenters. The van der Waals surface area contributed by atoms with E-state index in [0.29, 0.717) is 15.6 Å². The van der Waals surface area contributed by atoms with Gasteiger partial charge in [-0.15, -0.1) is 0 Å². The third-order valence-electron chi connectivity index (χ3n) is 5.95. The van der Waals surface area contributed by atoms with E-state index in [1.807, 2.05) is 0 Å². The zero-order valence-electron chi connectivity index (χ0n) is 22.1. The molecule has 39 heavy (non-hydrogen) atoms. The first kappa shape index (κ1) is 30.3. The number of amides is 2. The zero-order valence-corrected chi connectivity index (χ0v) is 24.4. The molecule has 0 aliphatic carbocycles. The van der Waals surface area contributed by atoms with Crippen molar-refractivity contribution in [3.8, 4) is 5.75 Å². The van der Waals surface area contributed by atoms with E-state index in [4.69, 9.17) is 27.9 Å². The average Bonchev–Trinajstić information content (AvgIpc) is 2.91. The van der Waals surface area contributed by atoms with Crippen LogP contribution < -0.4 is 14.4 Å². The second-order valence-corrected chi connectivity index (χ2v) is 11.7. The van der Waals surface area contributed by atoms with E-state index in [-0.39, 0.29) is 28.9 Å². The molecule has 0 saturated heterocycles. The normalized spacial score (nSPS) is 12.1. The van der Waals surface area contributed by atoms with Crippen LogP contribution in [-0.2, 0) is 26.2 Å². The second-order valence-electron chi connectivity index (χ2n) is 9.06. The summed E-state index contributed by atoms with van der Waals surface area (Å²) in [6.07, 6.45) is 0. The third-order valence-corrected chi connectivity index (χ3v) is 8.43. The molecule has 1 unspecified atom stereocenters. The van der Waals surface area contributed by atoms with Crippen molar-refractivity contribution in [2.75, 3.05) is 18.0 Å². The Kier molecular flexibility index (Phi) is 10.2. The molecular weight excluding hydrogens is 561 g/mol. The Morgan fingerprint density at radius 1 is 0.897 bits per heavy atom. The van der Waals surface area contributed by atoms with Gasteiger partial charge in [-0.3, -0.25) is 13.9 Å². The maximum Gasteiger partial charge on any atom is 0.264 e. The van der Waals surface area contributed by atoms with Crippen LogP contribution in [0.3, 0.4) is 0 Å². The molecule has 208 valence electrons. The average molecular weight is 593 g/mol. The first-order chi connectivity index (χ1) is 18.5. The fourth-order valence-corrected chi connectivity index (χ4v) is 5.87. The van der Waals surface area contributed by atoms with Crippen LogP contribution >= 0.6 is 23.2 Å². The predicted octanol–water partition coefficient (Wildman–Crippen LogP) is 5.14. The number of para-hydroxylation sites is 2. The van der Waals surface area contributed by atoms with Crippen molar-refractivity contribution in [1.29, 1.82) is 0 Å². The van der Waals surface area contributed by atoms with Gasteiger partial charge in [0, 0.05) is 28.2 Å². The van der Waals surface area contributed by atoms with E-state index in [2.05, 4.69) is 5.32 Å². The summed E-state index contributed by atoms with van der Waals surface area (Å²) in [6, 6.07) is 18.1. The number of rotatable bonds is 11. The molecule has 3 aromatic carbocycles. The van der Waals surface area contributed by atoms with Gasteiger partial charge in [-0.1, -0.05) is 59.6 Å². The van der Waals surface area contributed by atoms with Gasteiger partial charge in [0.05, 0.1) is 17.7 Å². The molecule has 0 saturated carbocycles. The molecule has 8 nitrogen and oxygen atoms in total. The quantitative estimate of drug-likeness (QED) is 0.333. The number of hydrogen-bond acceptors (Lipinski definition) is 5. The Hall–Kier alpha value is -3.27. The SMILES string of the molecule is COc1ccccc1N(CC(=O)N(Cc1c(Cl)cccc1Cl)C(C)C(=O)NC(C)C)S(=O)(=O)c1ccccc1. The largest absolute Gasteiger partial charge is 0.495 e. The van der Waals surface area contributed by atoms with Crippen molar-refractivity contribution in [1.82, 2.24) is 10.2 Å². The highest BCUT2D eigenvalue weighted by Gasteiger charge is 2.34. The number of nitrogens with zero attached hydrogens (tertiary/aromatic N) is 2. The number of carbonyl (C=O) groups is 2. The summed E-state index contributed by atoms with van der Waals surface area (Å²) in [5.74, 6) is -0.782. The van der Waals surface area contributed by atoms with Crippen LogP contribution in [0.15, 0.2) is 77.7 Å². The Morgan fingerprint density at radius 2 is 1.49 bits per heavy atom. The molecule has 0 aliphatic heterocycles. The maximum absolute atomic E-state index is 14.0. The molecule has 11 heteroatoms. The first-order valence-corrected chi connectivity index (χ1v) is 14.4. The van der Waals surface area contributed by atoms with Crippen LogP contribution in [0.1, 0.15) is 26.3 Å². The highest BCUT2D eigenvalue weighted by molar-refractivity contribution is 7.92. The summed E-state index contributed by atoms with van der Waals surface area (Å²) in [6.45, 7) is 4.45. The lowest BCUT2D eigenvalue weighted by Gasteiger charge is -2.33. The van der Waals surface area contributed by atoms with E-state index in [9.17, 15) is 18.0 Å². The molecule has 0 spiro atoms. The second kappa shape index (κ2) is 13.2. The van der Waals surface area contributed by atoms with Gasteiger partial charge in [-0.2, -0.15) is 0 Å². The summed E-state index contributed by atoms with van der Waals surface area (Å²) in [4.78, 5) is 28.3. The number of benzene rings is 3. The summed E-state index contributed by atoms with van der Waals surface area (Å²) < 4.78 is 34.1. The van der Waals surface area contributed by atoms with Gasteiger partial charge >= 0.3 is 0 Å². The van der Waals surface area contributed by atoms with Crippen LogP contribution in [0.5, 0.6) is 5.75 Å². The summed E-state index contributed by atoms with van der Waals surface area (Å²) in [5, 5.41) is 3.43. The van der Waals surface area contributed by atoms with E-state index in [0.717, 1.165) is 4.31 Å². The van der Waals surface area contributed by atoms with E-state index in [1.165, 1.54) is 24.1 Å². The number of ether oxygens (including phenoxy) is 1. The van der Waals surface area contributed by atoms with Gasteiger partial charge in [-0.05, 0) is 57.2 Å². The lowest BCUT2D eigenvalue weighted by Crippen LogP contribution is -2.52. The number of hydrogen-bond donors (Lipinski definition) is 1.